The van der Waals surface area contributed by atoms with Crippen LogP contribution in [0.15, 0.2) is 12.1 Å². The van der Waals surface area contributed by atoms with Crippen molar-refractivity contribution in [2.24, 2.45) is 5.73 Å². The third-order valence-electron chi connectivity index (χ3n) is 5.12. The van der Waals surface area contributed by atoms with Crippen LogP contribution in [-0.4, -0.2) is 40.3 Å². The summed E-state index contributed by atoms with van der Waals surface area (Å²) < 4.78 is 5.26. The van der Waals surface area contributed by atoms with Crippen LogP contribution in [0, 0.1) is 6.92 Å². The number of aliphatic hydroxyl groups is 2. The summed E-state index contributed by atoms with van der Waals surface area (Å²) in [5, 5.41) is 20.3. The fourth-order valence-electron chi connectivity index (χ4n) is 3.42. The van der Waals surface area contributed by atoms with Gasteiger partial charge >= 0.3 is 0 Å². The summed E-state index contributed by atoms with van der Waals surface area (Å²) in [6.07, 6.45) is 0.570. The first-order valence-electron chi connectivity index (χ1n) is 7.99. The molecule has 3 rings (SSSR count). The molecule has 0 bridgehead atoms. The molecule has 1 aromatic rings. The molecule has 22 heavy (non-hydrogen) atoms. The molecule has 1 unspecified atom stereocenters. The van der Waals surface area contributed by atoms with E-state index < -0.39 is 12.4 Å². The van der Waals surface area contributed by atoms with Crippen molar-refractivity contribution in [1.82, 2.24) is 4.90 Å². The molecule has 2 atom stereocenters. The average Bonchev–Trinajstić information content (AvgIpc) is 2.84. The molecule has 1 saturated heterocycles. The van der Waals surface area contributed by atoms with Crippen LogP contribution in [0.2, 0.25) is 0 Å². The topological polar surface area (TPSA) is 79.0 Å². The normalized spacial score (nSPS) is 26.0. The largest absolute Gasteiger partial charge is 0.387 e. The molecule has 2 aliphatic heterocycles. The third kappa shape index (κ3) is 3.05. The van der Waals surface area contributed by atoms with Crippen molar-refractivity contribution >= 4 is 0 Å². The van der Waals surface area contributed by atoms with Gasteiger partial charge in [-0.25, -0.2) is 0 Å². The first kappa shape index (κ1) is 15.9. The van der Waals surface area contributed by atoms with Gasteiger partial charge in [0.25, 0.3) is 0 Å². The first-order chi connectivity index (χ1) is 10.4. The lowest BCUT2D eigenvalue weighted by atomic mass is 9.90. The number of benzene rings is 1. The maximum atomic E-state index is 10.6. The Hall–Kier alpha value is -0.980. The van der Waals surface area contributed by atoms with Crippen LogP contribution in [0.4, 0.5) is 0 Å². The molecule has 1 fully saturated rings. The van der Waals surface area contributed by atoms with E-state index >= 15 is 0 Å². The Balaban J connectivity index is 1.70. The molecule has 0 aromatic heterocycles. The van der Waals surface area contributed by atoms with Gasteiger partial charge in [-0.3, -0.25) is 0 Å². The van der Waals surface area contributed by atoms with Crippen LogP contribution in [0.3, 0.4) is 0 Å². The van der Waals surface area contributed by atoms with Gasteiger partial charge in [-0.1, -0.05) is 12.1 Å². The van der Waals surface area contributed by atoms with E-state index in [1.807, 2.05) is 19.1 Å². The van der Waals surface area contributed by atoms with Crippen LogP contribution in [-0.2, 0) is 11.3 Å². The summed E-state index contributed by atoms with van der Waals surface area (Å²) >= 11 is 0. The summed E-state index contributed by atoms with van der Waals surface area (Å²) in [7, 11) is 0. The van der Waals surface area contributed by atoms with E-state index in [9.17, 15) is 10.2 Å². The number of rotatable bonds is 3. The van der Waals surface area contributed by atoms with E-state index in [-0.39, 0.29) is 5.54 Å². The lowest BCUT2D eigenvalue weighted by molar-refractivity contribution is -0.0918. The van der Waals surface area contributed by atoms with E-state index in [4.69, 9.17) is 10.5 Å². The third-order valence-corrected chi connectivity index (χ3v) is 5.12. The summed E-state index contributed by atoms with van der Waals surface area (Å²) in [5.41, 5.74) is 9.88. The van der Waals surface area contributed by atoms with Crippen LogP contribution >= 0.6 is 0 Å². The monoisotopic (exact) mass is 306 g/mol. The van der Waals surface area contributed by atoms with Crippen molar-refractivity contribution in [1.29, 1.82) is 0 Å². The highest BCUT2D eigenvalue weighted by Crippen LogP contribution is 2.34. The molecular weight excluding hydrogens is 280 g/mol. The molecule has 4 N–H and O–H groups in total. The van der Waals surface area contributed by atoms with Crippen molar-refractivity contribution in [3.05, 3.63) is 34.4 Å². The molecule has 2 heterocycles. The fraction of sp³-hybridized carbons (Fsp3) is 0.647. The molecule has 0 radical (unpaired) electrons. The Morgan fingerprint density at radius 2 is 2.09 bits per heavy atom. The maximum Gasteiger partial charge on any atom is 0.181 e. The standard InChI is InChI=1S/C17H26N2O3/c1-11-12(3-4-13-14(11)10-22-16(13)21)15(20)9-19-7-5-17(2,18)6-8-19/h3-4,15-16,20-21H,5-10,18H2,1-2H3/t15-,16?/m0/s1. The Bertz CT molecular complexity index is 549. The number of nitrogens with zero attached hydrogens (tertiary/aromatic N) is 1. The molecule has 0 aliphatic carbocycles. The quantitative estimate of drug-likeness (QED) is 0.786. The molecule has 1 aromatic carbocycles. The Kier molecular flexibility index (Phi) is 4.27. The van der Waals surface area contributed by atoms with Crippen molar-refractivity contribution in [3.8, 4) is 0 Å². The molecule has 5 nitrogen and oxygen atoms in total. The molecule has 2 aliphatic rings. The van der Waals surface area contributed by atoms with E-state index in [1.54, 1.807) is 0 Å². The number of fused-ring (bicyclic) bond motifs is 1. The molecule has 5 heteroatoms. The highest BCUT2D eigenvalue weighted by atomic mass is 16.6. The molecule has 0 saturated carbocycles. The van der Waals surface area contributed by atoms with Crippen LogP contribution < -0.4 is 5.73 Å². The minimum atomic E-state index is -0.829. The predicted molar refractivity (Wildman–Crippen MR) is 84.2 cm³/mol. The summed E-state index contributed by atoms with van der Waals surface area (Å²) in [5.74, 6) is 0. The molecule has 0 spiro atoms. The zero-order valence-corrected chi connectivity index (χ0v) is 13.4. The second kappa shape index (κ2) is 5.91. The highest BCUT2D eigenvalue weighted by Gasteiger charge is 2.29. The zero-order chi connectivity index (χ0) is 15.9. The van der Waals surface area contributed by atoms with Gasteiger partial charge in [-0.15, -0.1) is 0 Å². The van der Waals surface area contributed by atoms with Gasteiger partial charge < -0.3 is 25.6 Å². The van der Waals surface area contributed by atoms with Gasteiger partial charge in [-0.2, -0.15) is 0 Å². The smallest absolute Gasteiger partial charge is 0.181 e. The first-order valence-corrected chi connectivity index (χ1v) is 7.99. The van der Waals surface area contributed by atoms with E-state index in [0.717, 1.165) is 48.2 Å². The van der Waals surface area contributed by atoms with Crippen molar-refractivity contribution in [2.45, 2.75) is 51.2 Å². The highest BCUT2D eigenvalue weighted by molar-refractivity contribution is 5.43. The van der Waals surface area contributed by atoms with Gasteiger partial charge in [0.1, 0.15) is 0 Å². The minimum absolute atomic E-state index is 0.0710. The number of hydrogen-bond donors (Lipinski definition) is 3. The lowest BCUT2D eigenvalue weighted by Crippen LogP contribution is -2.49. The summed E-state index contributed by atoms with van der Waals surface area (Å²) in [4.78, 5) is 2.28. The average molecular weight is 306 g/mol. The summed E-state index contributed by atoms with van der Waals surface area (Å²) in [6.45, 7) is 6.98. The van der Waals surface area contributed by atoms with Gasteiger partial charge in [0.05, 0.1) is 12.7 Å². The lowest BCUT2D eigenvalue weighted by Gasteiger charge is -2.37. The Morgan fingerprint density at radius 3 is 2.77 bits per heavy atom. The number of β-amino-alcohol motifs (C(OH)–C–C–N with tert-alkyl or cyclic N) is 1. The SMILES string of the molecule is Cc1c([C@@H](O)CN2CCC(C)(N)CC2)ccc2c1COC2O. The summed E-state index contributed by atoms with van der Waals surface area (Å²) in [6, 6.07) is 3.78. The second-order valence-corrected chi connectivity index (χ2v) is 6.98. The zero-order valence-electron chi connectivity index (χ0n) is 13.4. The molecule has 122 valence electrons. The van der Waals surface area contributed by atoms with Gasteiger partial charge in [0, 0.05) is 17.6 Å². The van der Waals surface area contributed by atoms with E-state index in [0.29, 0.717) is 13.2 Å². The number of hydrogen-bond acceptors (Lipinski definition) is 5. The Morgan fingerprint density at radius 1 is 1.41 bits per heavy atom. The number of likely N-dealkylation sites (tertiary alicyclic amines) is 1. The van der Waals surface area contributed by atoms with E-state index in [1.165, 1.54) is 0 Å². The molecular formula is C17H26N2O3. The minimum Gasteiger partial charge on any atom is -0.387 e. The van der Waals surface area contributed by atoms with Gasteiger partial charge in [0.2, 0.25) is 0 Å². The number of piperidine rings is 1. The van der Waals surface area contributed by atoms with Crippen LogP contribution in [0.1, 0.15) is 54.4 Å². The van der Waals surface area contributed by atoms with Crippen LogP contribution in [0.5, 0.6) is 0 Å². The van der Waals surface area contributed by atoms with Crippen LogP contribution in [0.25, 0.3) is 0 Å². The fourth-order valence-corrected chi connectivity index (χ4v) is 3.42. The molecule has 0 amide bonds. The predicted octanol–water partition coefficient (Wildman–Crippen LogP) is 1.36. The maximum absolute atomic E-state index is 10.6. The number of ether oxygens (including phenoxy) is 1. The van der Waals surface area contributed by atoms with Crippen molar-refractivity contribution in [2.75, 3.05) is 19.6 Å². The van der Waals surface area contributed by atoms with Gasteiger partial charge in [-0.05, 0) is 56.5 Å². The van der Waals surface area contributed by atoms with Gasteiger partial charge in [0.15, 0.2) is 6.29 Å². The number of aliphatic hydroxyl groups excluding tert-OH is 2. The Labute approximate surface area is 131 Å². The van der Waals surface area contributed by atoms with Crippen molar-refractivity contribution in [3.63, 3.8) is 0 Å². The number of nitrogens with two attached hydrogens (primary N) is 1. The van der Waals surface area contributed by atoms with E-state index in [2.05, 4.69) is 11.8 Å². The second-order valence-electron chi connectivity index (χ2n) is 6.98. The van der Waals surface area contributed by atoms with Crippen molar-refractivity contribution < 1.29 is 14.9 Å².